The molecule has 0 bridgehead atoms. The lowest BCUT2D eigenvalue weighted by Gasteiger charge is -2.16. The minimum absolute atomic E-state index is 0.00811. The second-order valence-corrected chi connectivity index (χ2v) is 9.28. The van der Waals surface area contributed by atoms with Crippen LogP contribution in [0.15, 0.2) is 54.6 Å². The smallest absolute Gasteiger partial charge is 0.350 e. The Kier molecular flexibility index (Phi) is 6.77. The Labute approximate surface area is 195 Å². The Hall–Kier alpha value is -2.90. The Morgan fingerprint density at radius 1 is 1.12 bits per heavy atom. The van der Waals surface area contributed by atoms with E-state index < -0.39 is 5.97 Å². The fourth-order valence-corrected chi connectivity index (χ4v) is 4.40. The van der Waals surface area contributed by atoms with Gasteiger partial charge in [0.25, 0.3) is 5.91 Å². The summed E-state index contributed by atoms with van der Waals surface area (Å²) in [6, 6.07) is 17.2. The lowest BCUT2D eigenvalue weighted by Crippen LogP contribution is -2.35. The number of hydrogen-bond donors (Lipinski definition) is 1. The first-order chi connectivity index (χ1) is 15.4. The van der Waals surface area contributed by atoms with Gasteiger partial charge in [-0.25, -0.2) is 9.78 Å². The van der Waals surface area contributed by atoms with Gasteiger partial charge in [-0.15, -0.1) is 11.3 Å². The van der Waals surface area contributed by atoms with Gasteiger partial charge < -0.3 is 14.8 Å². The normalized spacial score (nSPS) is 13.9. The molecule has 1 aliphatic carbocycles. The molecular weight excluding hydrogens is 448 g/mol. The van der Waals surface area contributed by atoms with Gasteiger partial charge in [-0.3, -0.25) is 4.79 Å². The summed E-state index contributed by atoms with van der Waals surface area (Å²) in [5.41, 5.74) is 1.79. The molecule has 0 spiro atoms. The first-order valence-electron chi connectivity index (χ1n) is 10.3. The summed E-state index contributed by atoms with van der Waals surface area (Å²) in [4.78, 5) is 29.4. The third-order valence-electron chi connectivity index (χ3n) is 5.40. The van der Waals surface area contributed by atoms with Crippen molar-refractivity contribution in [1.82, 2.24) is 10.3 Å². The van der Waals surface area contributed by atoms with E-state index in [9.17, 15) is 9.59 Å². The number of esters is 1. The predicted molar refractivity (Wildman–Crippen MR) is 123 cm³/mol. The molecule has 0 radical (unpaired) electrons. The molecule has 0 saturated heterocycles. The lowest BCUT2D eigenvalue weighted by molar-refractivity contribution is -0.124. The number of rotatable bonds is 9. The largest absolute Gasteiger partial charge is 0.486 e. The molecule has 2 aromatic carbocycles. The maximum Gasteiger partial charge on any atom is 0.350 e. The molecule has 0 unspecified atom stereocenters. The van der Waals surface area contributed by atoms with Crippen LogP contribution in [0.25, 0.3) is 0 Å². The average molecular weight is 471 g/mol. The number of aromatic nitrogens is 1. The van der Waals surface area contributed by atoms with Gasteiger partial charge in [-0.2, -0.15) is 0 Å². The Morgan fingerprint density at radius 3 is 2.53 bits per heavy atom. The average Bonchev–Trinajstić information content (AvgIpc) is 3.51. The maximum absolute atomic E-state index is 12.4. The first kappa shape index (κ1) is 22.3. The van der Waals surface area contributed by atoms with Crippen LogP contribution in [0.1, 0.15) is 38.8 Å². The van der Waals surface area contributed by atoms with E-state index in [-0.39, 0.29) is 24.5 Å². The van der Waals surface area contributed by atoms with Crippen LogP contribution in [0.3, 0.4) is 0 Å². The number of aryl methyl sites for hydroxylation is 1. The van der Waals surface area contributed by atoms with Crippen molar-refractivity contribution in [3.05, 3.63) is 80.8 Å². The molecule has 3 aromatic rings. The molecule has 1 saturated carbocycles. The quantitative estimate of drug-likeness (QED) is 0.459. The Bertz CT molecular complexity index is 1090. The molecule has 6 nitrogen and oxygen atoms in total. The minimum Gasteiger partial charge on any atom is -0.486 e. The third kappa shape index (κ3) is 5.47. The van der Waals surface area contributed by atoms with Crippen molar-refractivity contribution in [2.75, 3.05) is 13.2 Å². The SMILES string of the molecule is Cc1nc(COc2ccc(Cl)cc2)sc1C(=O)OCC(=O)NCC1(c2ccccc2)CC1. The molecule has 1 aromatic heterocycles. The topological polar surface area (TPSA) is 77.5 Å². The number of nitrogens with zero attached hydrogens (tertiary/aromatic N) is 1. The van der Waals surface area contributed by atoms with Gasteiger partial charge in [-0.05, 0) is 49.6 Å². The Balaban J connectivity index is 1.25. The molecule has 8 heteroatoms. The molecule has 1 amide bonds. The number of carbonyl (C=O) groups excluding carboxylic acids is 2. The highest BCUT2D eigenvalue weighted by atomic mass is 35.5. The highest BCUT2D eigenvalue weighted by molar-refractivity contribution is 7.13. The summed E-state index contributed by atoms with van der Waals surface area (Å²) in [5.74, 6) is -0.210. The second kappa shape index (κ2) is 9.71. The van der Waals surface area contributed by atoms with E-state index >= 15 is 0 Å². The minimum atomic E-state index is -0.558. The van der Waals surface area contributed by atoms with E-state index in [0.29, 0.717) is 32.9 Å². The molecule has 166 valence electrons. The number of thiazole rings is 1. The van der Waals surface area contributed by atoms with Crippen LogP contribution in [0.4, 0.5) is 0 Å². The van der Waals surface area contributed by atoms with E-state index in [1.54, 1.807) is 31.2 Å². The third-order valence-corrected chi connectivity index (χ3v) is 6.76. The number of benzene rings is 2. The van der Waals surface area contributed by atoms with Crippen LogP contribution in [-0.2, 0) is 21.6 Å². The number of nitrogens with one attached hydrogen (secondary N) is 1. The number of carbonyl (C=O) groups is 2. The maximum atomic E-state index is 12.4. The van der Waals surface area contributed by atoms with Crippen molar-refractivity contribution < 1.29 is 19.1 Å². The number of ether oxygens (including phenoxy) is 2. The summed E-state index contributed by atoms with van der Waals surface area (Å²) < 4.78 is 10.9. The van der Waals surface area contributed by atoms with E-state index in [1.165, 1.54) is 16.9 Å². The molecule has 32 heavy (non-hydrogen) atoms. The summed E-state index contributed by atoms with van der Waals surface area (Å²) in [5, 5.41) is 4.17. The van der Waals surface area contributed by atoms with Crippen molar-refractivity contribution in [2.45, 2.75) is 31.8 Å². The molecule has 0 aliphatic heterocycles. The number of halogens is 1. The van der Waals surface area contributed by atoms with Gasteiger partial charge in [0, 0.05) is 17.0 Å². The van der Waals surface area contributed by atoms with Gasteiger partial charge in [0.05, 0.1) is 5.69 Å². The van der Waals surface area contributed by atoms with E-state index in [0.717, 1.165) is 12.8 Å². The van der Waals surface area contributed by atoms with E-state index in [4.69, 9.17) is 21.1 Å². The van der Waals surface area contributed by atoms with Crippen LogP contribution in [0.2, 0.25) is 5.02 Å². The molecule has 1 fully saturated rings. The lowest BCUT2D eigenvalue weighted by atomic mass is 9.96. The summed E-state index contributed by atoms with van der Waals surface area (Å²) in [7, 11) is 0. The zero-order valence-corrected chi connectivity index (χ0v) is 19.2. The molecule has 1 heterocycles. The van der Waals surface area contributed by atoms with Crippen molar-refractivity contribution in [2.24, 2.45) is 0 Å². The van der Waals surface area contributed by atoms with Crippen molar-refractivity contribution in [1.29, 1.82) is 0 Å². The number of hydrogen-bond acceptors (Lipinski definition) is 6. The van der Waals surface area contributed by atoms with Crippen molar-refractivity contribution >= 4 is 34.8 Å². The van der Waals surface area contributed by atoms with Crippen molar-refractivity contribution in [3.8, 4) is 5.75 Å². The standard InChI is InChI=1S/C24H23ClN2O4S/c1-16-22(32-21(27-16)14-30-19-9-7-18(25)8-10-19)23(29)31-13-20(28)26-15-24(11-12-24)17-5-3-2-4-6-17/h2-10H,11-15H2,1H3,(H,26,28). The molecule has 4 rings (SSSR count). The highest BCUT2D eigenvalue weighted by Crippen LogP contribution is 2.47. The molecular formula is C24H23ClN2O4S. The molecule has 1 aliphatic rings. The number of amides is 1. The van der Waals surface area contributed by atoms with Gasteiger partial charge in [0.1, 0.15) is 22.2 Å². The summed E-state index contributed by atoms with van der Waals surface area (Å²) >= 11 is 7.07. The zero-order chi connectivity index (χ0) is 22.6. The fourth-order valence-electron chi connectivity index (χ4n) is 3.40. The van der Waals surface area contributed by atoms with Gasteiger partial charge in [-0.1, -0.05) is 41.9 Å². The van der Waals surface area contributed by atoms with E-state index in [2.05, 4.69) is 22.4 Å². The monoisotopic (exact) mass is 470 g/mol. The van der Waals surface area contributed by atoms with Crippen LogP contribution in [0.5, 0.6) is 5.75 Å². The van der Waals surface area contributed by atoms with Gasteiger partial charge in [0.2, 0.25) is 0 Å². The zero-order valence-electron chi connectivity index (χ0n) is 17.6. The molecule has 0 atom stereocenters. The van der Waals surface area contributed by atoms with Crippen LogP contribution in [0, 0.1) is 6.92 Å². The fraction of sp³-hybridized carbons (Fsp3) is 0.292. The van der Waals surface area contributed by atoms with Crippen LogP contribution >= 0.6 is 22.9 Å². The second-order valence-electron chi connectivity index (χ2n) is 7.76. The van der Waals surface area contributed by atoms with Gasteiger partial charge in [0.15, 0.2) is 6.61 Å². The summed E-state index contributed by atoms with van der Waals surface area (Å²) in [6.45, 7) is 2.18. The van der Waals surface area contributed by atoms with Crippen LogP contribution < -0.4 is 10.1 Å². The highest BCUT2D eigenvalue weighted by Gasteiger charge is 2.44. The predicted octanol–water partition coefficient (Wildman–Crippen LogP) is 4.69. The Morgan fingerprint density at radius 2 is 1.84 bits per heavy atom. The van der Waals surface area contributed by atoms with Gasteiger partial charge >= 0.3 is 5.97 Å². The van der Waals surface area contributed by atoms with Crippen LogP contribution in [-0.4, -0.2) is 30.0 Å². The molecule has 1 N–H and O–H groups in total. The van der Waals surface area contributed by atoms with E-state index in [1.807, 2.05) is 18.2 Å². The van der Waals surface area contributed by atoms with Crippen molar-refractivity contribution in [3.63, 3.8) is 0 Å². The first-order valence-corrected chi connectivity index (χ1v) is 11.5. The summed E-state index contributed by atoms with van der Waals surface area (Å²) in [6.07, 6.45) is 2.08.